The SMILES string of the molecule is O=S(=O)(NC1CCCNCC1)C(F)F. The Morgan fingerprint density at radius 1 is 1.29 bits per heavy atom. The first-order chi connectivity index (χ1) is 6.52. The molecule has 0 aromatic heterocycles. The van der Waals surface area contributed by atoms with Crippen molar-refractivity contribution < 1.29 is 17.2 Å². The third-order valence-corrected chi connectivity index (χ3v) is 3.27. The largest absolute Gasteiger partial charge is 0.350 e. The molecule has 0 radical (unpaired) electrons. The molecule has 0 aliphatic carbocycles. The predicted molar refractivity (Wildman–Crippen MR) is 48.6 cm³/mol. The molecule has 1 aliphatic heterocycles. The Balaban J connectivity index is 2.50. The number of halogens is 2. The van der Waals surface area contributed by atoms with Gasteiger partial charge < -0.3 is 5.32 Å². The van der Waals surface area contributed by atoms with Gasteiger partial charge in [-0.05, 0) is 32.4 Å². The molecule has 1 fully saturated rings. The molecule has 1 unspecified atom stereocenters. The van der Waals surface area contributed by atoms with Crippen LogP contribution in [0, 0.1) is 0 Å². The van der Waals surface area contributed by atoms with E-state index in [0.29, 0.717) is 19.4 Å². The molecule has 1 atom stereocenters. The zero-order valence-electron chi connectivity index (χ0n) is 7.67. The second kappa shape index (κ2) is 4.99. The Kier molecular flexibility index (Phi) is 4.21. The molecule has 0 aromatic rings. The van der Waals surface area contributed by atoms with Crippen LogP contribution in [0.25, 0.3) is 0 Å². The molecule has 84 valence electrons. The van der Waals surface area contributed by atoms with Gasteiger partial charge in [-0.25, -0.2) is 13.1 Å². The van der Waals surface area contributed by atoms with Gasteiger partial charge in [0.25, 0.3) is 10.0 Å². The van der Waals surface area contributed by atoms with Crippen LogP contribution in [0.15, 0.2) is 0 Å². The van der Waals surface area contributed by atoms with E-state index in [-0.39, 0.29) is 6.04 Å². The average molecular weight is 228 g/mol. The van der Waals surface area contributed by atoms with Crippen LogP contribution >= 0.6 is 0 Å². The molecule has 14 heavy (non-hydrogen) atoms. The molecule has 7 heteroatoms. The van der Waals surface area contributed by atoms with Crippen LogP contribution in [0.5, 0.6) is 0 Å². The van der Waals surface area contributed by atoms with Crippen LogP contribution in [0.3, 0.4) is 0 Å². The molecular weight excluding hydrogens is 214 g/mol. The second-order valence-electron chi connectivity index (χ2n) is 3.30. The molecular formula is C7H14F2N2O2S. The summed E-state index contributed by atoms with van der Waals surface area (Å²) in [7, 11) is -4.43. The Bertz CT molecular complexity index is 261. The highest BCUT2D eigenvalue weighted by atomic mass is 32.2. The lowest BCUT2D eigenvalue weighted by Gasteiger charge is -2.15. The third-order valence-electron chi connectivity index (χ3n) is 2.14. The number of nitrogens with one attached hydrogen (secondary N) is 2. The molecule has 0 amide bonds. The highest BCUT2D eigenvalue weighted by molar-refractivity contribution is 7.89. The fourth-order valence-electron chi connectivity index (χ4n) is 1.42. The van der Waals surface area contributed by atoms with Gasteiger partial charge in [-0.15, -0.1) is 0 Å². The van der Waals surface area contributed by atoms with Gasteiger partial charge in [-0.3, -0.25) is 0 Å². The minimum Gasteiger partial charge on any atom is -0.317 e. The van der Waals surface area contributed by atoms with Gasteiger partial charge in [0.1, 0.15) is 0 Å². The van der Waals surface area contributed by atoms with E-state index in [1.54, 1.807) is 0 Å². The van der Waals surface area contributed by atoms with Crippen LogP contribution in [0.2, 0.25) is 0 Å². The van der Waals surface area contributed by atoms with Crippen molar-refractivity contribution in [2.45, 2.75) is 31.1 Å². The standard InChI is InChI=1S/C7H14F2N2O2S/c8-7(9)14(12,13)11-6-2-1-4-10-5-3-6/h6-7,10-11H,1-5H2. The predicted octanol–water partition coefficient (Wildman–Crippen LogP) is 0.270. The maximum atomic E-state index is 12.0. The van der Waals surface area contributed by atoms with E-state index in [1.165, 1.54) is 0 Å². The first kappa shape index (κ1) is 11.8. The van der Waals surface area contributed by atoms with Crippen molar-refractivity contribution in [3.05, 3.63) is 0 Å². The van der Waals surface area contributed by atoms with Gasteiger partial charge in [-0.2, -0.15) is 8.78 Å². The third kappa shape index (κ3) is 3.47. The fraction of sp³-hybridized carbons (Fsp3) is 1.00. The van der Waals surface area contributed by atoms with Crippen molar-refractivity contribution in [1.29, 1.82) is 0 Å². The van der Waals surface area contributed by atoms with Gasteiger partial charge in [0, 0.05) is 6.04 Å². The lowest BCUT2D eigenvalue weighted by Crippen LogP contribution is -2.38. The van der Waals surface area contributed by atoms with E-state index < -0.39 is 15.8 Å². The summed E-state index contributed by atoms with van der Waals surface area (Å²) in [5.41, 5.74) is 0. The molecule has 4 nitrogen and oxygen atoms in total. The minimum atomic E-state index is -4.43. The van der Waals surface area contributed by atoms with Gasteiger partial charge in [0.2, 0.25) is 0 Å². The van der Waals surface area contributed by atoms with Gasteiger partial charge in [0.15, 0.2) is 0 Å². The summed E-state index contributed by atoms with van der Waals surface area (Å²) in [6.45, 7) is 1.48. The van der Waals surface area contributed by atoms with E-state index in [2.05, 4.69) is 5.32 Å². The molecule has 1 aliphatic rings. The summed E-state index contributed by atoms with van der Waals surface area (Å²) in [6, 6.07) is -0.357. The molecule has 0 saturated carbocycles. The number of alkyl halides is 2. The molecule has 1 saturated heterocycles. The average Bonchev–Trinajstić information content (AvgIpc) is 2.32. The monoisotopic (exact) mass is 228 g/mol. The lowest BCUT2D eigenvalue weighted by atomic mass is 10.1. The summed E-state index contributed by atoms with van der Waals surface area (Å²) in [5.74, 6) is -3.33. The van der Waals surface area contributed by atoms with E-state index >= 15 is 0 Å². The van der Waals surface area contributed by atoms with E-state index in [9.17, 15) is 17.2 Å². The zero-order valence-corrected chi connectivity index (χ0v) is 8.49. The van der Waals surface area contributed by atoms with Gasteiger partial charge >= 0.3 is 5.76 Å². The summed E-state index contributed by atoms with van der Waals surface area (Å²) in [6.07, 6.45) is 1.97. The molecule has 0 bridgehead atoms. The van der Waals surface area contributed by atoms with Crippen LogP contribution in [-0.4, -0.2) is 33.3 Å². The van der Waals surface area contributed by atoms with Crippen molar-refractivity contribution in [3.63, 3.8) is 0 Å². The Morgan fingerprint density at radius 2 is 2.00 bits per heavy atom. The van der Waals surface area contributed by atoms with Gasteiger partial charge in [-0.1, -0.05) is 0 Å². The normalized spacial score (nSPS) is 24.9. The highest BCUT2D eigenvalue weighted by Gasteiger charge is 2.27. The zero-order chi connectivity index (χ0) is 10.6. The molecule has 1 heterocycles. The van der Waals surface area contributed by atoms with Gasteiger partial charge in [0.05, 0.1) is 0 Å². The minimum absolute atomic E-state index is 0.357. The molecule has 0 aromatic carbocycles. The van der Waals surface area contributed by atoms with Crippen molar-refractivity contribution in [1.82, 2.24) is 10.0 Å². The highest BCUT2D eigenvalue weighted by Crippen LogP contribution is 2.10. The first-order valence-corrected chi connectivity index (χ1v) is 6.07. The van der Waals surface area contributed by atoms with Crippen molar-refractivity contribution >= 4 is 10.0 Å². The summed E-state index contributed by atoms with van der Waals surface area (Å²) in [5, 5.41) is 3.07. The first-order valence-electron chi connectivity index (χ1n) is 4.52. The van der Waals surface area contributed by atoms with Crippen LogP contribution in [-0.2, 0) is 10.0 Å². The maximum absolute atomic E-state index is 12.0. The second-order valence-corrected chi connectivity index (χ2v) is 4.98. The van der Waals surface area contributed by atoms with Crippen LogP contribution < -0.4 is 10.0 Å². The topological polar surface area (TPSA) is 58.2 Å². The quantitative estimate of drug-likeness (QED) is 0.729. The Morgan fingerprint density at radius 3 is 2.64 bits per heavy atom. The van der Waals surface area contributed by atoms with Crippen molar-refractivity contribution in [3.8, 4) is 0 Å². The van der Waals surface area contributed by atoms with Crippen LogP contribution in [0.1, 0.15) is 19.3 Å². The molecule has 0 spiro atoms. The number of hydrogen-bond donors (Lipinski definition) is 2. The summed E-state index contributed by atoms with van der Waals surface area (Å²) in [4.78, 5) is 0. The van der Waals surface area contributed by atoms with E-state index in [1.807, 2.05) is 4.72 Å². The smallest absolute Gasteiger partial charge is 0.317 e. The lowest BCUT2D eigenvalue weighted by molar-refractivity contribution is 0.231. The maximum Gasteiger partial charge on any atom is 0.350 e. The number of hydrogen-bond acceptors (Lipinski definition) is 3. The van der Waals surface area contributed by atoms with Crippen LogP contribution in [0.4, 0.5) is 8.78 Å². The summed E-state index contributed by atoms with van der Waals surface area (Å²) >= 11 is 0. The fourth-order valence-corrected chi connectivity index (χ4v) is 2.22. The van der Waals surface area contributed by atoms with Crippen molar-refractivity contribution in [2.24, 2.45) is 0 Å². The van der Waals surface area contributed by atoms with Crippen molar-refractivity contribution in [2.75, 3.05) is 13.1 Å². The van der Waals surface area contributed by atoms with E-state index in [4.69, 9.17) is 0 Å². The summed E-state index contributed by atoms with van der Waals surface area (Å²) < 4.78 is 47.7. The Hall–Kier alpha value is -0.270. The van der Waals surface area contributed by atoms with E-state index in [0.717, 1.165) is 13.0 Å². The Labute approximate surface area is 82.1 Å². The molecule has 2 N–H and O–H groups in total. The number of rotatable bonds is 3. The number of sulfonamides is 1. The molecule has 1 rings (SSSR count).